The Labute approximate surface area is 192 Å². The van der Waals surface area contributed by atoms with Crippen molar-refractivity contribution in [2.75, 3.05) is 13.2 Å². The summed E-state index contributed by atoms with van der Waals surface area (Å²) in [6.45, 7) is 4.43. The molecule has 1 aliphatic heterocycles. The molecule has 1 fully saturated rings. The van der Waals surface area contributed by atoms with Gasteiger partial charge in [0, 0.05) is 19.5 Å². The van der Waals surface area contributed by atoms with Gasteiger partial charge in [0.25, 0.3) is 5.91 Å². The van der Waals surface area contributed by atoms with E-state index in [4.69, 9.17) is 4.74 Å². The van der Waals surface area contributed by atoms with E-state index in [0.29, 0.717) is 11.1 Å². The Morgan fingerprint density at radius 1 is 1.12 bits per heavy atom. The van der Waals surface area contributed by atoms with E-state index in [9.17, 15) is 27.5 Å². The number of hydrogen-bond donors (Lipinski definition) is 2. The molecule has 0 saturated carbocycles. The van der Waals surface area contributed by atoms with Gasteiger partial charge in [-0.2, -0.15) is 4.31 Å². The molecule has 2 aromatic rings. The van der Waals surface area contributed by atoms with Gasteiger partial charge in [-0.15, -0.1) is 0 Å². The van der Waals surface area contributed by atoms with Crippen molar-refractivity contribution in [3.8, 4) is 0 Å². The second kappa shape index (κ2) is 9.98. The number of aliphatic hydroxyl groups is 1. The van der Waals surface area contributed by atoms with Gasteiger partial charge in [-0.3, -0.25) is 9.59 Å². The monoisotopic (exact) mass is 478 g/mol. The SMILES string of the molecule is Cc1ccc(S(=O)(=O)N2CC(O)C[C@H]2C(=O)OCC(=O)NCc2ccc(C)c(F)c2)cc1C. The van der Waals surface area contributed by atoms with E-state index in [1.54, 1.807) is 32.0 Å². The van der Waals surface area contributed by atoms with E-state index in [0.717, 1.165) is 15.4 Å². The van der Waals surface area contributed by atoms with Crippen molar-refractivity contribution in [2.24, 2.45) is 0 Å². The first-order valence-corrected chi connectivity index (χ1v) is 11.9. The number of carbonyl (C=O) groups is 2. The molecule has 0 aromatic heterocycles. The van der Waals surface area contributed by atoms with Crippen LogP contribution < -0.4 is 5.32 Å². The van der Waals surface area contributed by atoms with Crippen LogP contribution in [0.3, 0.4) is 0 Å². The summed E-state index contributed by atoms with van der Waals surface area (Å²) in [5.41, 5.74) is 2.73. The van der Waals surface area contributed by atoms with Gasteiger partial charge in [-0.1, -0.05) is 18.2 Å². The molecule has 33 heavy (non-hydrogen) atoms. The van der Waals surface area contributed by atoms with Crippen LogP contribution in [-0.4, -0.2) is 55.0 Å². The fourth-order valence-corrected chi connectivity index (χ4v) is 5.22. The van der Waals surface area contributed by atoms with Gasteiger partial charge in [0.05, 0.1) is 11.0 Å². The van der Waals surface area contributed by atoms with Crippen LogP contribution in [0.1, 0.15) is 28.7 Å². The minimum atomic E-state index is -4.06. The standard InChI is InChI=1S/C23H27FN2O6S/c1-14-5-7-19(8-16(14)3)33(30,31)26-12-18(27)10-21(26)23(29)32-13-22(28)25-11-17-6-4-15(2)20(24)9-17/h4-9,18,21,27H,10-13H2,1-3H3,(H,25,28)/t18?,21-/m0/s1. The molecule has 2 aromatic carbocycles. The van der Waals surface area contributed by atoms with Gasteiger partial charge >= 0.3 is 5.97 Å². The second-order valence-electron chi connectivity index (χ2n) is 8.19. The molecule has 1 saturated heterocycles. The highest BCUT2D eigenvalue weighted by molar-refractivity contribution is 7.89. The second-order valence-corrected chi connectivity index (χ2v) is 10.1. The predicted molar refractivity (Wildman–Crippen MR) is 118 cm³/mol. The molecule has 0 aliphatic carbocycles. The average Bonchev–Trinajstić information content (AvgIpc) is 3.17. The third-order valence-electron chi connectivity index (χ3n) is 5.66. The zero-order valence-electron chi connectivity index (χ0n) is 18.7. The lowest BCUT2D eigenvalue weighted by Gasteiger charge is -2.22. The molecule has 1 heterocycles. The van der Waals surface area contributed by atoms with Crippen molar-refractivity contribution in [1.29, 1.82) is 0 Å². The van der Waals surface area contributed by atoms with Gasteiger partial charge < -0.3 is 15.2 Å². The van der Waals surface area contributed by atoms with Crippen LogP contribution >= 0.6 is 0 Å². The lowest BCUT2D eigenvalue weighted by atomic mass is 10.1. The van der Waals surface area contributed by atoms with Crippen LogP contribution in [0.2, 0.25) is 0 Å². The first kappa shape index (κ1) is 24.8. The number of hydrogen-bond acceptors (Lipinski definition) is 6. The summed E-state index contributed by atoms with van der Waals surface area (Å²) in [5, 5.41) is 12.5. The highest BCUT2D eigenvalue weighted by Gasteiger charge is 2.44. The summed E-state index contributed by atoms with van der Waals surface area (Å²) in [7, 11) is -4.06. The van der Waals surface area contributed by atoms with Crippen LogP contribution in [0, 0.1) is 26.6 Å². The third kappa shape index (κ3) is 5.76. The van der Waals surface area contributed by atoms with Crippen molar-refractivity contribution in [2.45, 2.75) is 50.8 Å². The van der Waals surface area contributed by atoms with Crippen molar-refractivity contribution in [1.82, 2.24) is 9.62 Å². The summed E-state index contributed by atoms with van der Waals surface area (Å²) < 4.78 is 45.8. The van der Waals surface area contributed by atoms with E-state index >= 15 is 0 Å². The first-order valence-electron chi connectivity index (χ1n) is 10.4. The van der Waals surface area contributed by atoms with Crippen molar-refractivity contribution < 1.29 is 32.2 Å². The molecule has 3 rings (SSSR count). The summed E-state index contributed by atoms with van der Waals surface area (Å²) in [6, 6.07) is 7.95. The molecule has 0 bridgehead atoms. The van der Waals surface area contributed by atoms with Crippen LogP contribution in [0.15, 0.2) is 41.3 Å². The molecule has 8 nitrogen and oxygen atoms in total. The zero-order valence-corrected chi connectivity index (χ0v) is 19.5. The average molecular weight is 479 g/mol. The van der Waals surface area contributed by atoms with Crippen molar-refractivity contribution in [3.05, 3.63) is 64.5 Å². The number of rotatable bonds is 7. The zero-order chi connectivity index (χ0) is 24.3. The van der Waals surface area contributed by atoms with E-state index in [2.05, 4.69) is 5.32 Å². The summed E-state index contributed by atoms with van der Waals surface area (Å²) >= 11 is 0. The lowest BCUT2D eigenvalue weighted by Crippen LogP contribution is -2.42. The number of β-amino-alcohol motifs (C(OH)–C–C–N with tert-alkyl or cyclic N) is 1. The lowest BCUT2D eigenvalue weighted by molar-refractivity contribution is -0.151. The molecule has 2 atom stereocenters. The number of esters is 1. The molecule has 178 valence electrons. The highest BCUT2D eigenvalue weighted by atomic mass is 32.2. The van der Waals surface area contributed by atoms with Gasteiger partial charge in [0.1, 0.15) is 11.9 Å². The van der Waals surface area contributed by atoms with Crippen LogP contribution in [0.4, 0.5) is 4.39 Å². The van der Waals surface area contributed by atoms with E-state index in [1.807, 2.05) is 6.92 Å². The maximum absolute atomic E-state index is 13.6. The number of amides is 1. The largest absolute Gasteiger partial charge is 0.454 e. The topological polar surface area (TPSA) is 113 Å². The Bertz CT molecular complexity index is 1170. The van der Waals surface area contributed by atoms with Gasteiger partial charge in [-0.25, -0.2) is 12.8 Å². The smallest absolute Gasteiger partial charge is 0.325 e. The Hall–Kier alpha value is -2.82. The molecule has 1 amide bonds. The van der Waals surface area contributed by atoms with Crippen LogP contribution in [0.25, 0.3) is 0 Å². The minimum absolute atomic E-state index is 0.0144. The maximum Gasteiger partial charge on any atom is 0.325 e. The van der Waals surface area contributed by atoms with Gasteiger partial charge in [0.2, 0.25) is 10.0 Å². The summed E-state index contributed by atoms with van der Waals surface area (Å²) in [5.74, 6) is -1.93. The Kier molecular flexibility index (Phi) is 7.51. The molecule has 0 spiro atoms. The number of nitrogens with one attached hydrogen (secondary N) is 1. The van der Waals surface area contributed by atoms with Crippen LogP contribution in [-0.2, 0) is 30.9 Å². The molecular formula is C23H27FN2O6S. The number of halogens is 1. The molecular weight excluding hydrogens is 451 g/mol. The number of sulfonamides is 1. The summed E-state index contributed by atoms with van der Waals surface area (Å²) in [4.78, 5) is 24.7. The van der Waals surface area contributed by atoms with E-state index < -0.39 is 46.5 Å². The van der Waals surface area contributed by atoms with Gasteiger partial charge in [-0.05, 0) is 61.2 Å². The minimum Gasteiger partial charge on any atom is -0.454 e. The predicted octanol–water partition coefficient (Wildman–Crippen LogP) is 1.73. The number of nitrogens with zero attached hydrogens (tertiary/aromatic N) is 1. The quantitative estimate of drug-likeness (QED) is 0.586. The number of aryl methyl sites for hydroxylation is 3. The highest BCUT2D eigenvalue weighted by Crippen LogP contribution is 2.28. The fourth-order valence-electron chi connectivity index (χ4n) is 3.50. The number of carbonyl (C=O) groups excluding carboxylic acids is 2. The molecule has 1 unspecified atom stereocenters. The maximum atomic E-state index is 13.6. The number of aliphatic hydroxyl groups excluding tert-OH is 1. The Morgan fingerprint density at radius 3 is 2.48 bits per heavy atom. The molecule has 0 radical (unpaired) electrons. The number of benzene rings is 2. The van der Waals surface area contributed by atoms with E-state index in [-0.39, 0.29) is 24.4 Å². The van der Waals surface area contributed by atoms with Crippen molar-refractivity contribution in [3.63, 3.8) is 0 Å². The van der Waals surface area contributed by atoms with Crippen molar-refractivity contribution >= 4 is 21.9 Å². The normalized spacial score (nSPS) is 18.8. The van der Waals surface area contributed by atoms with Crippen LogP contribution in [0.5, 0.6) is 0 Å². The fraction of sp³-hybridized carbons (Fsp3) is 0.391. The molecule has 2 N–H and O–H groups in total. The molecule has 10 heteroatoms. The molecule has 1 aliphatic rings. The number of ether oxygens (including phenoxy) is 1. The van der Waals surface area contributed by atoms with E-state index in [1.165, 1.54) is 18.2 Å². The Morgan fingerprint density at radius 2 is 1.82 bits per heavy atom. The summed E-state index contributed by atoms with van der Waals surface area (Å²) in [6.07, 6.45) is -1.16. The first-order chi connectivity index (χ1) is 15.5. The Balaban J connectivity index is 1.62. The third-order valence-corrected chi connectivity index (χ3v) is 7.53. The van der Waals surface area contributed by atoms with Gasteiger partial charge in [0.15, 0.2) is 6.61 Å².